The van der Waals surface area contributed by atoms with Crippen molar-refractivity contribution in [2.24, 2.45) is 0 Å². The Labute approximate surface area is 57.6 Å². The lowest BCUT2D eigenvalue weighted by Crippen LogP contribution is -2.18. The fourth-order valence-electron chi connectivity index (χ4n) is 1.62. The standard InChI is InChI=1S/C7H15BO/c1-8(9)7-5-3-2-4-6-7/h7,9H,2-6H2,1H3. The summed E-state index contributed by atoms with van der Waals surface area (Å²) in [5, 5.41) is 9.18. The quantitative estimate of drug-likeness (QED) is 0.532. The molecule has 1 rings (SSSR count). The van der Waals surface area contributed by atoms with Crippen LogP contribution in [0.3, 0.4) is 0 Å². The van der Waals surface area contributed by atoms with Crippen molar-refractivity contribution in [3.05, 3.63) is 0 Å². The van der Waals surface area contributed by atoms with Crippen LogP contribution < -0.4 is 0 Å². The Morgan fingerprint density at radius 1 is 1.22 bits per heavy atom. The molecular formula is C7H15BO. The molecule has 0 aliphatic heterocycles. The van der Waals surface area contributed by atoms with Crippen LogP contribution in [0.1, 0.15) is 32.1 Å². The van der Waals surface area contributed by atoms with Crippen LogP contribution in [0.5, 0.6) is 0 Å². The third-order valence-electron chi connectivity index (χ3n) is 2.33. The van der Waals surface area contributed by atoms with Gasteiger partial charge in [-0.1, -0.05) is 38.9 Å². The molecule has 1 nitrogen and oxygen atoms in total. The Morgan fingerprint density at radius 3 is 2.11 bits per heavy atom. The topological polar surface area (TPSA) is 20.2 Å². The van der Waals surface area contributed by atoms with Gasteiger partial charge in [0.05, 0.1) is 0 Å². The SMILES string of the molecule is CB(O)C1CCCCC1. The lowest BCUT2D eigenvalue weighted by molar-refractivity contribution is 0.452. The minimum Gasteiger partial charge on any atom is -0.450 e. The molecule has 0 unspecified atom stereocenters. The number of hydrogen-bond donors (Lipinski definition) is 1. The first kappa shape index (κ1) is 7.14. The van der Waals surface area contributed by atoms with Gasteiger partial charge in [0.2, 0.25) is 0 Å². The fourth-order valence-corrected chi connectivity index (χ4v) is 1.62. The van der Waals surface area contributed by atoms with E-state index in [0.717, 1.165) is 0 Å². The molecule has 1 saturated carbocycles. The Hall–Kier alpha value is 0.0249. The molecule has 0 saturated heterocycles. The van der Waals surface area contributed by atoms with Crippen LogP contribution in [0.4, 0.5) is 0 Å². The van der Waals surface area contributed by atoms with Gasteiger partial charge in [0.1, 0.15) is 0 Å². The summed E-state index contributed by atoms with van der Waals surface area (Å²) in [5.74, 6) is 0.610. The van der Waals surface area contributed by atoms with E-state index in [-0.39, 0.29) is 6.92 Å². The van der Waals surface area contributed by atoms with Gasteiger partial charge >= 0.3 is 0 Å². The van der Waals surface area contributed by atoms with Gasteiger partial charge in [0.25, 0.3) is 6.92 Å². The van der Waals surface area contributed by atoms with Gasteiger partial charge in [0, 0.05) is 0 Å². The summed E-state index contributed by atoms with van der Waals surface area (Å²) < 4.78 is 0. The van der Waals surface area contributed by atoms with Gasteiger partial charge < -0.3 is 5.02 Å². The first-order chi connectivity index (χ1) is 4.30. The molecule has 0 aromatic carbocycles. The summed E-state index contributed by atoms with van der Waals surface area (Å²) in [5.41, 5.74) is 0. The van der Waals surface area contributed by atoms with E-state index in [4.69, 9.17) is 0 Å². The summed E-state index contributed by atoms with van der Waals surface area (Å²) in [4.78, 5) is 0. The molecule has 1 aliphatic rings. The highest BCUT2D eigenvalue weighted by Gasteiger charge is 2.20. The van der Waals surface area contributed by atoms with Gasteiger partial charge in [-0.05, 0) is 5.82 Å². The van der Waals surface area contributed by atoms with Gasteiger partial charge in [-0.2, -0.15) is 0 Å². The van der Waals surface area contributed by atoms with Crippen molar-refractivity contribution in [3.63, 3.8) is 0 Å². The zero-order valence-electron chi connectivity index (χ0n) is 6.14. The third-order valence-corrected chi connectivity index (χ3v) is 2.33. The molecule has 9 heavy (non-hydrogen) atoms. The fraction of sp³-hybridized carbons (Fsp3) is 1.00. The maximum absolute atomic E-state index is 9.18. The molecule has 0 bridgehead atoms. The predicted octanol–water partition coefficient (Wildman–Crippen LogP) is 1.93. The normalized spacial score (nSPS) is 22.0. The molecular weight excluding hydrogens is 111 g/mol. The molecule has 52 valence electrons. The molecule has 1 aliphatic carbocycles. The van der Waals surface area contributed by atoms with Crippen LogP contribution >= 0.6 is 0 Å². The van der Waals surface area contributed by atoms with Crippen LogP contribution in [0.2, 0.25) is 12.6 Å². The average molecular weight is 126 g/mol. The summed E-state index contributed by atoms with van der Waals surface area (Å²) in [6.45, 7) is 1.85. The van der Waals surface area contributed by atoms with Crippen molar-refractivity contribution in [2.45, 2.75) is 44.7 Å². The molecule has 0 heterocycles. The summed E-state index contributed by atoms with van der Waals surface area (Å²) in [6.07, 6.45) is 6.53. The lowest BCUT2D eigenvalue weighted by atomic mass is 9.54. The molecule has 0 aromatic rings. The first-order valence-corrected chi connectivity index (χ1v) is 3.99. The van der Waals surface area contributed by atoms with E-state index in [9.17, 15) is 5.02 Å². The molecule has 1 fully saturated rings. The molecule has 0 amide bonds. The second kappa shape index (κ2) is 3.26. The Kier molecular flexibility index (Phi) is 2.58. The highest BCUT2D eigenvalue weighted by Crippen LogP contribution is 2.29. The second-order valence-electron chi connectivity index (χ2n) is 3.14. The summed E-state index contributed by atoms with van der Waals surface area (Å²) in [6, 6.07) is 0. The zero-order valence-corrected chi connectivity index (χ0v) is 6.14. The maximum Gasteiger partial charge on any atom is 0.288 e. The van der Waals surface area contributed by atoms with Crippen molar-refractivity contribution < 1.29 is 5.02 Å². The smallest absolute Gasteiger partial charge is 0.288 e. The molecule has 0 aromatic heterocycles. The van der Waals surface area contributed by atoms with E-state index in [2.05, 4.69) is 0 Å². The number of hydrogen-bond acceptors (Lipinski definition) is 1. The lowest BCUT2D eigenvalue weighted by Gasteiger charge is -2.21. The largest absolute Gasteiger partial charge is 0.450 e. The van der Waals surface area contributed by atoms with Crippen LogP contribution in [-0.4, -0.2) is 11.9 Å². The van der Waals surface area contributed by atoms with Gasteiger partial charge in [-0.25, -0.2) is 0 Å². The van der Waals surface area contributed by atoms with Crippen LogP contribution in [0.25, 0.3) is 0 Å². The monoisotopic (exact) mass is 126 g/mol. The van der Waals surface area contributed by atoms with E-state index in [1.54, 1.807) is 0 Å². The van der Waals surface area contributed by atoms with Crippen LogP contribution in [0.15, 0.2) is 0 Å². The Balaban J connectivity index is 2.23. The minimum absolute atomic E-state index is 0.0645. The van der Waals surface area contributed by atoms with E-state index < -0.39 is 0 Å². The molecule has 0 atom stereocenters. The highest BCUT2D eigenvalue weighted by molar-refractivity contribution is 6.50. The van der Waals surface area contributed by atoms with Crippen molar-refractivity contribution in [2.75, 3.05) is 0 Å². The molecule has 1 N–H and O–H groups in total. The Bertz CT molecular complexity index is 77.0. The third kappa shape index (κ3) is 2.01. The second-order valence-corrected chi connectivity index (χ2v) is 3.14. The highest BCUT2D eigenvalue weighted by atomic mass is 16.2. The van der Waals surface area contributed by atoms with E-state index >= 15 is 0 Å². The zero-order chi connectivity index (χ0) is 6.69. The van der Waals surface area contributed by atoms with Crippen molar-refractivity contribution >= 4 is 6.92 Å². The molecule has 0 radical (unpaired) electrons. The average Bonchev–Trinajstić information content (AvgIpc) is 1.90. The van der Waals surface area contributed by atoms with E-state index in [1.165, 1.54) is 32.1 Å². The van der Waals surface area contributed by atoms with Crippen LogP contribution in [0, 0.1) is 0 Å². The predicted molar refractivity (Wildman–Crippen MR) is 40.7 cm³/mol. The van der Waals surface area contributed by atoms with Crippen LogP contribution in [-0.2, 0) is 0 Å². The first-order valence-electron chi connectivity index (χ1n) is 3.99. The van der Waals surface area contributed by atoms with Crippen molar-refractivity contribution in [1.29, 1.82) is 0 Å². The van der Waals surface area contributed by atoms with Crippen molar-refractivity contribution in [1.82, 2.24) is 0 Å². The van der Waals surface area contributed by atoms with Gasteiger partial charge in [-0.3, -0.25) is 0 Å². The van der Waals surface area contributed by atoms with Gasteiger partial charge in [-0.15, -0.1) is 0 Å². The number of rotatable bonds is 1. The van der Waals surface area contributed by atoms with E-state index in [1.807, 2.05) is 6.82 Å². The minimum atomic E-state index is -0.0645. The Morgan fingerprint density at radius 2 is 1.78 bits per heavy atom. The van der Waals surface area contributed by atoms with Gasteiger partial charge in [0.15, 0.2) is 0 Å². The molecule has 2 heteroatoms. The summed E-state index contributed by atoms with van der Waals surface area (Å²) >= 11 is 0. The summed E-state index contributed by atoms with van der Waals surface area (Å²) in [7, 11) is 0. The van der Waals surface area contributed by atoms with Crippen molar-refractivity contribution in [3.8, 4) is 0 Å². The van der Waals surface area contributed by atoms with E-state index in [0.29, 0.717) is 5.82 Å². The maximum atomic E-state index is 9.18. The molecule has 0 spiro atoms.